The number of Topliss-reactive ketones (excluding diaryl/α,β-unsaturated/α-hetero) is 1. The highest BCUT2D eigenvalue weighted by Crippen LogP contribution is 2.36. The van der Waals surface area contributed by atoms with Gasteiger partial charge in [0, 0.05) is 32.5 Å². The van der Waals surface area contributed by atoms with Crippen LogP contribution in [0.1, 0.15) is 46.0 Å². The normalized spacial score (nSPS) is 23.9. The third-order valence-corrected chi connectivity index (χ3v) is 5.05. The largest absolute Gasteiger partial charge is 0.341 e. The van der Waals surface area contributed by atoms with E-state index < -0.39 is 0 Å². The van der Waals surface area contributed by atoms with E-state index >= 15 is 0 Å². The molecule has 2 heterocycles. The van der Waals surface area contributed by atoms with Crippen LogP contribution in [0.3, 0.4) is 0 Å². The smallest absolute Gasteiger partial charge is 0.236 e. The molecule has 2 aliphatic heterocycles. The summed E-state index contributed by atoms with van der Waals surface area (Å²) in [5.41, 5.74) is 0.429. The van der Waals surface area contributed by atoms with Crippen molar-refractivity contribution in [1.82, 2.24) is 9.80 Å². The Morgan fingerprint density at radius 1 is 1.16 bits per heavy atom. The zero-order chi connectivity index (χ0) is 13.9. The van der Waals surface area contributed by atoms with Crippen molar-refractivity contribution in [3.8, 4) is 0 Å². The predicted octanol–water partition coefficient (Wildman–Crippen LogP) is 1.69. The number of piperidine rings is 1. The molecule has 19 heavy (non-hydrogen) atoms. The third-order valence-electron chi connectivity index (χ3n) is 5.05. The maximum absolute atomic E-state index is 12.2. The Bertz CT molecular complexity index is 340. The third kappa shape index (κ3) is 3.35. The molecule has 2 aliphatic rings. The lowest BCUT2D eigenvalue weighted by molar-refractivity contribution is -0.135. The van der Waals surface area contributed by atoms with Crippen LogP contribution in [-0.4, -0.2) is 54.2 Å². The lowest BCUT2D eigenvalue weighted by Crippen LogP contribution is -2.44. The fourth-order valence-corrected chi connectivity index (χ4v) is 3.29. The first-order valence-corrected chi connectivity index (χ1v) is 7.60. The Kier molecular flexibility index (Phi) is 4.61. The van der Waals surface area contributed by atoms with Gasteiger partial charge in [0.25, 0.3) is 0 Å². The number of ketones is 1. The zero-order valence-electron chi connectivity index (χ0n) is 12.3. The maximum atomic E-state index is 12.2. The summed E-state index contributed by atoms with van der Waals surface area (Å²) in [6, 6.07) is 0. The number of amides is 1. The fraction of sp³-hybridized carbons (Fsp3) is 0.867. The van der Waals surface area contributed by atoms with Crippen LogP contribution in [0.5, 0.6) is 0 Å². The van der Waals surface area contributed by atoms with Crippen molar-refractivity contribution in [3.63, 3.8) is 0 Å². The molecule has 0 unspecified atom stereocenters. The number of hydrogen-bond acceptors (Lipinski definition) is 3. The van der Waals surface area contributed by atoms with E-state index in [1.165, 1.54) is 19.3 Å². The second-order valence-corrected chi connectivity index (χ2v) is 6.09. The van der Waals surface area contributed by atoms with Crippen LogP contribution in [0.25, 0.3) is 0 Å². The molecule has 0 aromatic rings. The van der Waals surface area contributed by atoms with Crippen LogP contribution in [0, 0.1) is 5.41 Å². The standard InChI is InChI=1S/C15H26N2O2/c1-3-15(4-2)7-10-16(12-15)11-14(19)17-8-5-13(18)6-9-17/h3-12H2,1-2H3. The average molecular weight is 266 g/mol. The van der Waals surface area contributed by atoms with E-state index in [-0.39, 0.29) is 5.91 Å². The molecule has 1 amide bonds. The van der Waals surface area contributed by atoms with Gasteiger partial charge in [0.15, 0.2) is 0 Å². The van der Waals surface area contributed by atoms with Gasteiger partial charge in [-0.25, -0.2) is 0 Å². The topological polar surface area (TPSA) is 40.6 Å². The molecule has 0 radical (unpaired) electrons. The van der Waals surface area contributed by atoms with E-state index in [9.17, 15) is 9.59 Å². The van der Waals surface area contributed by atoms with Gasteiger partial charge in [-0.15, -0.1) is 0 Å². The molecule has 0 aromatic carbocycles. The van der Waals surface area contributed by atoms with E-state index in [1.807, 2.05) is 4.90 Å². The minimum absolute atomic E-state index is 0.204. The number of likely N-dealkylation sites (tertiary alicyclic amines) is 2. The summed E-state index contributed by atoms with van der Waals surface area (Å²) in [4.78, 5) is 27.6. The second-order valence-electron chi connectivity index (χ2n) is 6.09. The fourth-order valence-electron chi connectivity index (χ4n) is 3.29. The molecule has 4 nitrogen and oxygen atoms in total. The lowest BCUT2D eigenvalue weighted by Gasteiger charge is -2.29. The van der Waals surface area contributed by atoms with E-state index in [0.29, 0.717) is 43.7 Å². The molecule has 2 saturated heterocycles. The first-order chi connectivity index (χ1) is 9.08. The van der Waals surface area contributed by atoms with E-state index in [2.05, 4.69) is 18.7 Å². The monoisotopic (exact) mass is 266 g/mol. The average Bonchev–Trinajstić information content (AvgIpc) is 2.83. The minimum Gasteiger partial charge on any atom is -0.341 e. The Hall–Kier alpha value is -0.900. The molecule has 0 atom stereocenters. The van der Waals surface area contributed by atoms with E-state index in [1.54, 1.807) is 0 Å². The summed E-state index contributed by atoms with van der Waals surface area (Å²) in [5.74, 6) is 0.497. The summed E-state index contributed by atoms with van der Waals surface area (Å²) in [6.07, 6.45) is 4.70. The van der Waals surface area contributed by atoms with Gasteiger partial charge in [-0.1, -0.05) is 13.8 Å². The van der Waals surface area contributed by atoms with Gasteiger partial charge >= 0.3 is 0 Å². The van der Waals surface area contributed by atoms with Gasteiger partial charge < -0.3 is 4.90 Å². The number of carbonyl (C=O) groups excluding carboxylic acids is 2. The second kappa shape index (κ2) is 6.04. The molecule has 0 saturated carbocycles. The SMILES string of the molecule is CCC1(CC)CCN(CC(=O)N2CCC(=O)CC2)C1. The number of carbonyl (C=O) groups is 2. The minimum atomic E-state index is 0.204. The molecule has 108 valence electrons. The highest BCUT2D eigenvalue weighted by atomic mass is 16.2. The Morgan fingerprint density at radius 2 is 1.79 bits per heavy atom. The van der Waals surface area contributed by atoms with Crippen LogP contribution < -0.4 is 0 Å². The number of rotatable bonds is 4. The first-order valence-electron chi connectivity index (χ1n) is 7.60. The Labute approximate surface area is 116 Å². The van der Waals surface area contributed by atoms with Gasteiger partial charge in [0.1, 0.15) is 5.78 Å². The molecule has 4 heteroatoms. The molecular weight excluding hydrogens is 240 g/mol. The van der Waals surface area contributed by atoms with E-state index in [4.69, 9.17) is 0 Å². The Morgan fingerprint density at radius 3 is 2.32 bits per heavy atom. The summed E-state index contributed by atoms with van der Waals surface area (Å²) in [7, 11) is 0. The number of nitrogens with zero attached hydrogens (tertiary/aromatic N) is 2. The molecule has 0 N–H and O–H groups in total. The van der Waals surface area contributed by atoms with Crippen LogP contribution in [0.15, 0.2) is 0 Å². The molecule has 2 rings (SSSR count). The van der Waals surface area contributed by atoms with Crippen molar-refractivity contribution >= 4 is 11.7 Å². The van der Waals surface area contributed by atoms with Gasteiger partial charge in [-0.3, -0.25) is 14.5 Å². The van der Waals surface area contributed by atoms with Crippen molar-refractivity contribution in [2.24, 2.45) is 5.41 Å². The highest BCUT2D eigenvalue weighted by Gasteiger charge is 2.36. The molecule has 2 fully saturated rings. The van der Waals surface area contributed by atoms with Crippen LogP contribution in [-0.2, 0) is 9.59 Å². The maximum Gasteiger partial charge on any atom is 0.236 e. The summed E-state index contributed by atoms with van der Waals surface area (Å²) < 4.78 is 0. The van der Waals surface area contributed by atoms with Gasteiger partial charge in [0.05, 0.1) is 6.54 Å². The Balaban J connectivity index is 1.82. The summed E-state index contributed by atoms with van der Waals surface area (Å²) in [6.45, 7) is 8.39. The molecule has 0 bridgehead atoms. The van der Waals surface area contributed by atoms with Crippen LogP contribution >= 0.6 is 0 Å². The van der Waals surface area contributed by atoms with Gasteiger partial charge in [0.2, 0.25) is 5.91 Å². The van der Waals surface area contributed by atoms with Crippen molar-refractivity contribution in [2.75, 3.05) is 32.7 Å². The van der Waals surface area contributed by atoms with Gasteiger partial charge in [-0.2, -0.15) is 0 Å². The van der Waals surface area contributed by atoms with Gasteiger partial charge in [-0.05, 0) is 31.2 Å². The first kappa shape index (κ1) is 14.5. The van der Waals surface area contributed by atoms with Crippen molar-refractivity contribution in [1.29, 1.82) is 0 Å². The van der Waals surface area contributed by atoms with Crippen molar-refractivity contribution < 1.29 is 9.59 Å². The van der Waals surface area contributed by atoms with Crippen LogP contribution in [0.4, 0.5) is 0 Å². The van der Waals surface area contributed by atoms with Crippen molar-refractivity contribution in [3.05, 3.63) is 0 Å². The zero-order valence-corrected chi connectivity index (χ0v) is 12.3. The molecule has 0 aromatic heterocycles. The number of hydrogen-bond donors (Lipinski definition) is 0. The summed E-state index contributed by atoms with van der Waals surface area (Å²) in [5, 5.41) is 0. The van der Waals surface area contributed by atoms with Crippen molar-refractivity contribution in [2.45, 2.75) is 46.0 Å². The predicted molar refractivity (Wildman–Crippen MR) is 74.9 cm³/mol. The van der Waals surface area contributed by atoms with Crippen LogP contribution in [0.2, 0.25) is 0 Å². The molecular formula is C15H26N2O2. The summed E-state index contributed by atoms with van der Waals surface area (Å²) >= 11 is 0. The molecule has 0 spiro atoms. The highest BCUT2D eigenvalue weighted by molar-refractivity contribution is 5.84. The molecule has 0 aliphatic carbocycles. The lowest BCUT2D eigenvalue weighted by atomic mass is 9.82. The quantitative estimate of drug-likeness (QED) is 0.777. The van der Waals surface area contributed by atoms with E-state index in [0.717, 1.165) is 13.1 Å².